The molecule has 1 aliphatic carbocycles. The average Bonchev–Trinajstić information content (AvgIpc) is 3.27. The molecule has 1 aromatic heterocycles. The zero-order chi connectivity index (χ0) is 25.5. The summed E-state index contributed by atoms with van der Waals surface area (Å²) in [6.45, 7) is 0. The number of nitrogens with one attached hydrogen (secondary N) is 1. The first kappa shape index (κ1) is 26.5. The molecule has 0 bridgehead atoms. The standard InChI is InChI=1S/C26H34N4O4S2/c1-30-25(27-28-26(30)35-18-20-12-8-5-9-13-20)22(16-19-10-6-4-7-11-19)29-36(31,32)24-17-21(33-2)14-15-23(24)34-3/h4,6-7,10-11,14-15,17,20,22,29H,5,8-9,12-13,16,18H2,1-3H3/t22-/m1/s1. The number of sulfonamides is 1. The van der Waals surface area contributed by atoms with E-state index in [9.17, 15) is 8.42 Å². The van der Waals surface area contributed by atoms with Gasteiger partial charge in [-0.15, -0.1) is 10.2 Å². The van der Waals surface area contributed by atoms with Gasteiger partial charge in [0.05, 0.1) is 20.3 Å². The lowest BCUT2D eigenvalue weighted by atomic mass is 9.91. The Morgan fingerprint density at radius 3 is 2.50 bits per heavy atom. The lowest BCUT2D eigenvalue weighted by Gasteiger charge is -2.21. The molecule has 1 heterocycles. The molecule has 0 amide bonds. The van der Waals surface area contributed by atoms with E-state index in [-0.39, 0.29) is 10.6 Å². The smallest absolute Gasteiger partial charge is 0.245 e. The highest BCUT2D eigenvalue weighted by molar-refractivity contribution is 7.99. The molecule has 194 valence electrons. The maximum Gasteiger partial charge on any atom is 0.245 e. The van der Waals surface area contributed by atoms with Crippen LogP contribution in [0.15, 0.2) is 58.6 Å². The highest BCUT2D eigenvalue weighted by atomic mass is 32.2. The minimum atomic E-state index is -3.98. The summed E-state index contributed by atoms with van der Waals surface area (Å²) in [6, 6.07) is 13.8. The molecule has 1 saturated carbocycles. The van der Waals surface area contributed by atoms with Gasteiger partial charge in [0.1, 0.15) is 16.4 Å². The van der Waals surface area contributed by atoms with Crippen molar-refractivity contribution in [3.63, 3.8) is 0 Å². The van der Waals surface area contributed by atoms with Crippen LogP contribution < -0.4 is 14.2 Å². The van der Waals surface area contributed by atoms with Crippen LogP contribution >= 0.6 is 11.8 Å². The molecule has 0 radical (unpaired) electrons. The first-order chi connectivity index (χ1) is 17.4. The molecule has 1 aliphatic rings. The number of hydrogen-bond acceptors (Lipinski definition) is 7. The first-order valence-electron chi connectivity index (χ1n) is 12.2. The van der Waals surface area contributed by atoms with Crippen LogP contribution in [-0.4, -0.2) is 43.2 Å². The van der Waals surface area contributed by atoms with Crippen molar-refractivity contribution >= 4 is 21.8 Å². The van der Waals surface area contributed by atoms with Crippen LogP contribution in [0, 0.1) is 5.92 Å². The van der Waals surface area contributed by atoms with Crippen LogP contribution in [0.2, 0.25) is 0 Å². The fraction of sp³-hybridized carbons (Fsp3) is 0.462. The highest BCUT2D eigenvalue weighted by Gasteiger charge is 2.29. The van der Waals surface area contributed by atoms with Crippen molar-refractivity contribution in [2.24, 2.45) is 13.0 Å². The maximum absolute atomic E-state index is 13.6. The molecule has 2 aromatic carbocycles. The molecule has 3 aromatic rings. The number of hydrogen-bond donors (Lipinski definition) is 1. The van der Waals surface area contributed by atoms with E-state index < -0.39 is 16.1 Å². The molecule has 10 heteroatoms. The van der Waals surface area contributed by atoms with Crippen LogP contribution in [0.1, 0.15) is 49.5 Å². The lowest BCUT2D eigenvalue weighted by Crippen LogP contribution is -2.32. The molecular formula is C26H34N4O4S2. The van der Waals surface area contributed by atoms with Gasteiger partial charge < -0.3 is 14.0 Å². The van der Waals surface area contributed by atoms with E-state index in [2.05, 4.69) is 14.9 Å². The third kappa shape index (κ3) is 6.41. The minimum Gasteiger partial charge on any atom is -0.497 e. The number of ether oxygens (including phenoxy) is 2. The van der Waals surface area contributed by atoms with Crippen molar-refractivity contribution < 1.29 is 17.9 Å². The molecule has 0 unspecified atom stereocenters. The van der Waals surface area contributed by atoms with Crippen molar-refractivity contribution in [2.45, 2.75) is 54.6 Å². The topological polar surface area (TPSA) is 95.3 Å². The van der Waals surface area contributed by atoms with Gasteiger partial charge in [0.2, 0.25) is 10.0 Å². The Labute approximate surface area is 217 Å². The highest BCUT2D eigenvalue weighted by Crippen LogP contribution is 2.32. The largest absolute Gasteiger partial charge is 0.497 e. The van der Waals surface area contributed by atoms with Crippen LogP contribution in [0.5, 0.6) is 11.5 Å². The van der Waals surface area contributed by atoms with Gasteiger partial charge in [-0.1, -0.05) is 61.4 Å². The Morgan fingerprint density at radius 1 is 1.06 bits per heavy atom. The van der Waals surface area contributed by atoms with Gasteiger partial charge in [-0.25, -0.2) is 8.42 Å². The molecule has 1 atom stereocenters. The fourth-order valence-electron chi connectivity index (χ4n) is 4.58. The lowest BCUT2D eigenvalue weighted by molar-refractivity contribution is 0.390. The summed E-state index contributed by atoms with van der Waals surface area (Å²) in [5, 5.41) is 9.66. The van der Waals surface area contributed by atoms with E-state index in [1.807, 2.05) is 41.9 Å². The van der Waals surface area contributed by atoms with Crippen LogP contribution in [-0.2, 0) is 23.5 Å². The number of nitrogens with zero attached hydrogens (tertiary/aromatic N) is 3. The normalized spacial score (nSPS) is 15.5. The van der Waals surface area contributed by atoms with Gasteiger partial charge in [0.25, 0.3) is 0 Å². The Bertz CT molecular complexity index is 1240. The number of aromatic nitrogens is 3. The summed E-state index contributed by atoms with van der Waals surface area (Å²) in [5.74, 6) is 2.93. The van der Waals surface area contributed by atoms with Crippen molar-refractivity contribution in [3.8, 4) is 11.5 Å². The summed E-state index contributed by atoms with van der Waals surface area (Å²) in [5.41, 5.74) is 0.988. The predicted molar refractivity (Wildman–Crippen MR) is 141 cm³/mol. The van der Waals surface area contributed by atoms with Gasteiger partial charge in [0, 0.05) is 18.9 Å². The molecule has 0 saturated heterocycles. The summed E-state index contributed by atoms with van der Waals surface area (Å²) in [6.07, 6.45) is 6.86. The summed E-state index contributed by atoms with van der Waals surface area (Å²) < 4.78 is 42.6. The third-order valence-corrected chi connectivity index (χ3v) is 9.34. The van der Waals surface area contributed by atoms with E-state index in [1.54, 1.807) is 23.9 Å². The second-order valence-electron chi connectivity index (χ2n) is 9.10. The molecule has 0 spiro atoms. The summed E-state index contributed by atoms with van der Waals surface area (Å²) in [7, 11) is 0.858. The maximum atomic E-state index is 13.6. The van der Waals surface area contributed by atoms with E-state index >= 15 is 0 Å². The summed E-state index contributed by atoms with van der Waals surface area (Å²) >= 11 is 1.70. The first-order valence-corrected chi connectivity index (χ1v) is 14.7. The Kier molecular flexibility index (Phi) is 8.92. The van der Waals surface area contributed by atoms with Crippen molar-refractivity contribution in [1.82, 2.24) is 19.5 Å². The second-order valence-corrected chi connectivity index (χ2v) is 11.8. The SMILES string of the molecule is COc1ccc(OC)c(S(=O)(=O)N[C@H](Cc2ccccc2)c2nnc(SCC3CCCCC3)n2C)c1. The Morgan fingerprint density at radius 2 is 1.81 bits per heavy atom. The van der Waals surface area contributed by atoms with Crippen molar-refractivity contribution in [1.29, 1.82) is 0 Å². The molecule has 8 nitrogen and oxygen atoms in total. The van der Waals surface area contributed by atoms with Gasteiger partial charge in [-0.05, 0) is 42.9 Å². The van der Waals surface area contributed by atoms with Crippen LogP contribution in [0.4, 0.5) is 0 Å². The van der Waals surface area contributed by atoms with Gasteiger partial charge in [-0.3, -0.25) is 0 Å². The van der Waals surface area contributed by atoms with E-state index in [0.29, 0.717) is 23.9 Å². The Balaban J connectivity index is 1.62. The van der Waals surface area contributed by atoms with Crippen molar-refractivity contribution in [3.05, 3.63) is 59.9 Å². The van der Waals surface area contributed by atoms with Gasteiger partial charge in [-0.2, -0.15) is 4.72 Å². The second kappa shape index (κ2) is 12.1. The quantitative estimate of drug-likeness (QED) is 0.357. The van der Waals surface area contributed by atoms with Crippen LogP contribution in [0.25, 0.3) is 0 Å². The predicted octanol–water partition coefficient (Wildman–Crippen LogP) is 4.77. The Hall–Kier alpha value is -2.56. The monoisotopic (exact) mass is 530 g/mol. The van der Waals surface area contributed by atoms with Crippen molar-refractivity contribution in [2.75, 3.05) is 20.0 Å². The van der Waals surface area contributed by atoms with E-state index in [0.717, 1.165) is 16.5 Å². The van der Waals surface area contributed by atoms with E-state index in [1.165, 1.54) is 52.4 Å². The zero-order valence-corrected chi connectivity index (χ0v) is 22.6. The van der Waals surface area contributed by atoms with E-state index in [4.69, 9.17) is 9.47 Å². The number of thioether (sulfide) groups is 1. The van der Waals surface area contributed by atoms with Crippen LogP contribution in [0.3, 0.4) is 0 Å². The number of benzene rings is 2. The number of methoxy groups -OCH3 is 2. The van der Waals surface area contributed by atoms with Gasteiger partial charge in [0.15, 0.2) is 11.0 Å². The fourth-order valence-corrected chi connectivity index (χ4v) is 7.06. The molecule has 4 rings (SSSR count). The zero-order valence-electron chi connectivity index (χ0n) is 21.0. The minimum absolute atomic E-state index is 0.0106. The number of rotatable bonds is 11. The molecule has 36 heavy (non-hydrogen) atoms. The molecule has 1 N–H and O–H groups in total. The summed E-state index contributed by atoms with van der Waals surface area (Å²) in [4.78, 5) is 0.0106. The van der Waals surface area contributed by atoms with Gasteiger partial charge >= 0.3 is 0 Å². The average molecular weight is 531 g/mol. The molecular weight excluding hydrogens is 496 g/mol. The molecule has 0 aliphatic heterocycles. The molecule has 1 fully saturated rings. The third-order valence-electron chi connectivity index (χ3n) is 6.59.